The molecule has 1 amide bonds. The third-order valence-corrected chi connectivity index (χ3v) is 4.77. The predicted molar refractivity (Wildman–Crippen MR) is 89.1 cm³/mol. The lowest BCUT2D eigenvalue weighted by atomic mass is 9.84. The number of Topliss-reactive ketones (excluding diaryl/α,β-unsaturated/α-hetero) is 1. The van der Waals surface area contributed by atoms with Gasteiger partial charge in [0.25, 0.3) is 5.91 Å². The van der Waals surface area contributed by atoms with Crippen molar-refractivity contribution in [3.63, 3.8) is 0 Å². The van der Waals surface area contributed by atoms with Crippen molar-refractivity contribution in [3.8, 4) is 5.75 Å². The molecular formula is C18H22N2O4. The average molecular weight is 330 g/mol. The molecule has 1 aromatic rings. The normalized spacial score (nSPS) is 24.5. The zero-order valence-corrected chi connectivity index (χ0v) is 13.7. The third kappa shape index (κ3) is 3.49. The highest BCUT2D eigenvalue weighted by Gasteiger charge is 2.41. The molecule has 1 fully saturated rings. The van der Waals surface area contributed by atoms with Crippen LogP contribution < -0.4 is 10.2 Å². The Kier molecular flexibility index (Phi) is 4.69. The van der Waals surface area contributed by atoms with Gasteiger partial charge < -0.3 is 9.64 Å². The van der Waals surface area contributed by atoms with E-state index in [0.717, 1.165) is 32.4 Å². The summed E-state index contributed by atoms with van der Waals surface area (Å²) in [6.45, 7) is 1.96. The number of rotatable bonds is 2. The molecule has 6 heteroatoms. The Morgan fingerprint density at radius 1 is 1.38 bits per heavy atom. The van der Waals surface area contributed by atoms with Gasteiger partial charge in [-0.1, -0.05) is 6.07 Å². The summed E-state index contributed by atoms with van der Waals surface area (Å²) >= 11 is 0. The zero-order valence-electron chi connectivity index (χ0n) is 13.7. The largest absolute Gasteiger partial charge is 0.486 e. The predicted octanol–water partition coefficient (Wildman–Crippen LogP) is 2.02. The molecule has 128 valence electrons. The van der Waals surface area contributed by atoms with Crippen molar-refractivity contribution in [2.45, 2.75) is 31.3 Å². The molecule has 1 atom stereocenters. The fourth-order valence-corrected chi connectivity index (χ4v) is 3.41. The van der Waals surface area contributed by atoms with Gasteiger partial charge in [0.15, 0.2) is 5.78 Å². The number of nitrogens with one attached hydrogen (secondary N) is 1. The molecule has 1 saturated heterocycles. The van der Waals surface area contributed by atoms with Crippen molar-refractivity contribution < 1.29 is 19.5 Å². The van der Waals surface area contributed by atoms with Gasteiger partial charge in [-0.05, 0) is 50.2 Å². The number of amides is 1. The minimum Gasteiger partial charge on any atom is -0.486 e. The maximum absolute atomic E-state index is 12.7. The highest BCUT2D eigenvalue weighted by atomic mass is 16.5. The molecule has 1 spiro atoms. The number of carbonyl (C=O) groups is 2. The van der Waals surface area contributed by atoms with Crippen LogP contribution in [0.1, 0.15) is 41.6 Å². The number of benzene rings is 1. The Morgan fingerprint density at radius 2 is 2.21 bits per heavy atom. The van der Waals surface area contributed by atoms with Gasteiger partial charge in [0.1, 0.15) is 11.4 Å². The van der Waals surface area contributed by atoms with Crippen molar-refractivity contribution in [1.29, 1.82) is 0 Å². The van der Waals surface area contributed by atoms with Crippen LogP contribution in [0.25, 0.3) is 6.08 Å². The van der Waals surface area contributed by atoms with Crippen LogP contribution in [-0.4, -0.2) is 47.5 Å². The van der Waals surface area contributed by atoms with Gasteiger partial charge in [-0.2, -0.15) is 0 Å². The van der Waals surface area contributed by atoms with Crippen LogP contribution in [-0.2, 0) is 4.79 Å². The number of hydrogen-bond donors (Lipinski definition) is 2. The number of ketones is 1. The number of ether oxygens (including phenoxy) is 1. The Labute approximate surface area is 141 Å². The van der Waals surface area contributed by atoms with Crippen LogP contribution in [0.3, 0.4) is 0 Å². The summed E-state index contributed by atoms with van der Waals surface area (Å²) in [7, 11) is 2.10. The Balaban J connectivity index is 1.83. The summed E-state index contributed by atoms with van der Waals surface area (Å²) in [4.78, 5) is 26.0. The van der Waals surface area contributed by atoms with Crippen LogP contribution in [0, 0.1) is 0 Å². The number of nitrogens with zero attached hydrogens (tertiary/aromatic N) is 1. The van der Waals surface area contributed by atoms with Crippen LogP contribution in [0.2, 0.25) is 0 Å². The van der Waals surface area contributed by atoms with Crippen LogP contribution in [0.4, 0.5) is 0 Å². The highest BCUT2D eigenvalue weighted by molar-refractivity contribution is 6.01. The first-order valence-electron chi connectivity index (χ1n) is 8.18. The fourth-order valence-electron chi connectivity index (χ4n) is 3.41. The number of hydroxylamine groups is 1. The van der Waals surface area contributed by atoms with Crippen molar-refractivity contribution in [3.05, 3.63) is 35.4 Å². The maximum Gasteiger partial charge on any atom is 0.267 e. The quantitative estimate of drug-likeness (QED) is 0.493. The molecule has 1 aromatic carbocycles. The molecule has 24 heavy (non-hydrogen) atoms. The van der Waals surface area contributed by atoms with E-state index < -0.39 is 5.91 Å². The van der Waals surface area contributed by atoms with Crippen molar-refractivity contribution in [2.24, 2.45) is 0 Å². The van der Waals surface area contributed by atoms with Crippen LogP contribution >= 0.6 is 0 Å². The van der Waals surface area contributed by atoms with Gasteiger partial charge in [-0.25, -0.2) is 5.48 Å². The third-order valence-electron chi connectivity index (χ3n) is 4.77. The molecule has 2 heterocycles. The number of fused-ring (bicyclic) bond motifs is 1. The first-order valence-corrected chi connectivity index (χ1v) is 8.18. The smallest absolute Gasteiger partial charge is 0.267 e. The van der Waals surface area contributed by atoms with Gasteiger partial charge >= 0.3 is 0 Å². The SMILES string of the molecule is CN1CCCC2(CC1)CC(=O)c1cc(/C=C/C(=O)NO)ccc1O2. The summed E-state index contributed by atoms with van der Waals surface area (Å²) in [6.07, 6.45) is 5.92. The molecular weight excluding hydrogens is 308 g/mol. The standard InChI is InChI=1S/C18H22N2O4/c1-20-9-2-7-18(8-10-20)12-15(21)14-11-13(3-5-16(14)24-18)4-6-17(22)19-23/h3-6,11,23H,2,7-10,12H2,1H3,(H,19,22)/b6-4+. The van der Waals surface area contributed by atoms with Crippen molar-refractivity contribution >= 4 is 17.8 Å². The van der Waals surface area contributed by atoms with Crippen LogP contribution in [0.15, 0.2) is 24.3 Å². The molecule has 6 nitrogen and oxygen atoms in total. The Morgan fingerprint density at radius 3 is 3.00 bits per heavy atom. The summed E-state index contributed by atoms with van der Waals surface area (Å²) in [6, 6.07) is 5.32. The summed E-state index contributed by atoms with van der Waals surface area (Å²) in [5.74, 6) is 0.0963. The van der Waals surface area contributed by atoms with Gasteiger partial charge in [-0.3, -0.25) is 14.8 Å². The fraction of sp³-hybridized carbons (Fsp3) is 0.444. The topological polar surface area (TPSA) is 78.9 Å². The minimum absolute atomic E-state index is 0.0858. The summed E-state index contributed by atoms with van der Waals surface area (Å²) < 4.78 is 6.27. The molecule has 0 aromatic heterocycles. The molecule has 0 saturated carbocycles. The average Bonchev–Trinajstić information content (AvgIpc) is 2.75. The highest BCUT2D eigenvalue weighted by Crippen LogP contribution is 2.39. The van der Waals surface area contributed by atoms with E-state index in [-0.39, 0.29) is 11.4 Å². The summed E-state index contributed by atoms with van der Waals surface area (Å²) in [5, 5.41) is 8.50. The minimum atomic E-state index is -0.614. The number of likely N-dealkylation sites (tertiary alicyclic amines) is 1. The van der Waals surface area contributed by atoms with Gasteiger partial charge in [-0.15, -0.1) is 0 Å². The Bertz CT molecular complexity index is 686. The van der Waals surface area contributed by atoms with E-state index in [4.69, 9.17) is 9.94 Å². The van der Waals surface area contributed by atoms with E-state index in [1.165, 1.54) is 11.6 Å². The second-order valence-corrected chi connectivity index (χ2v) is 6.61. The van der Waals surface area contributed by atoms with E-state index in [2.05, 4.69) is 11.9 Å². The molecule has 2 aliphatic rings. The van der Waals surface area contributed by atoms with Crippen molar-refractivity contribution in [2.75, 3.05) is 20.1 Å². The molecule has 1 unspecified atom stereocenters. The van der Waals surface area contributed by atoms with Crippen molar-refractivity contribution in [1.82, 2.24) is 10.4 Å². The molecule has 0 bridgehead atoms. The lowest BCUT2D eigenvalue weighted by molar-refractivity contribution is -0.124. The molecule has 2 N–H and O–H groups in total. The van der Waals surface area contributed by atoms with Gasteiger partial charge in [0.05, 0.1) is 12.0 Å². The number of hydrogen-bond acceptors (Lipinski definition) is 5. The summed E-state index contributed by atoms with van der Waals surface area (Å²) in [5.41, 5.74) is 2.42. The lowest BCUT2D eigenvalue weighted by Gasteiger charge is -2.37. The van der Waals surface area contributed by atoms with Crippen LogP contribution in [0.5, 0.6) is 5.75 Å². The monoisotopic (exact) mass is 330 g/mol. The van der Waals surface area contributed by atoms with E-state index in [0.29, 0.717) is 23.3 Å². The molecule has 3 rings (SSSR count). The van der Waals surface area contributed by atoms with E-state index in [1.54, 1.807) is 24.3 Å². The lowest BCUT2D eigenvalue weighted by Crippen LogP contribution is -2.42. The number of carbonyl (C=O) groups excluding carboxylic acids is 2. The van der Waals surface area contributed by atoms with E-state index in [9.17, 15) is 9.59 Å². The zero-order chi connectivity index (χ0) is 17.2. The second-order valence-electron chi connectivity index (χ2n) is 6.61. The van der Waals surface area contributed by atoms with E-state index >= 15 is 0 Å². The first-order chi connectivity index (χ1) is 11.5. The van der Waals surface area contributed by atoms with E-state index in [1.807, 2.05) is 0 Å². The van der Waals surface area contributed by atoms with Gasteiger partial charge in [0.2, 0.25) is 0 Å². The molecule has 0 aliphatic carbocycles. The second kappa shape index (κ2) is 6.75. The van der Waals surface area contributed by atoms with Gasteiger partial charge in [0, 0.05) is 19.0 Å². The molecule has 0 radical (unpaired) electrons. The Hall–Kier alpha value is -2.18. The maximum atomic E-state index is 12.7. The first kappa shape index (κ1) is 16.7. The molecule has 2 aliphatic heterocycles.